The molecule has 67 heavy (non-hydrogen) atoms. The van der Waals surface area contributed by atoms with Crippen molar-refractivity contribution >= 4 is 64.7 Å². The molecule has 4 aliphatic carbocycles. The summed E-state index contributed by atoms with van der Waals surface area (Å²) in [5.41, 5.74) is -5.67. The van der Waals surface area contributed by atoms with Gasteiger partial charge >= 0.3 is 13.8 Å². The summed E-state index contributed by atoms with van der Waals surface area (Å²) in [6, 6.07) is 10.2. The Hall–Kier alpha value is -4.57. The van der Waals surface area contributed by atoms with Gasteiger partial charge in [-0.2, -0.15) is 0 Å². The van der Waals surface area contributed by atoms with Crippen LogP contribution in [0.25, 0.3) is 0 Å². The number of ether oxygens (including phenoxy) is 2. The van der Waals surface area contributed by atoms with E-state index in [0.717, 1.165) is 12.2 Å². The van der Waals surface area contributed by atoms with Gasteiger partial charge in [-0.3, -0.25) is 33.3 Å². The fourth-order valence-electron chi connectivity index (χ4n) is 11.2. The van der Waals surface area contributed by atoms with Gasteiger partial charge in [0.1, 0.15) is 18.8 Å². The molecule has 1 aliphatic heterocycles. The maximum atomic E-state index is 17.9. The summed E-state index contributed by atoms with van der Waals surface area (Å²) < 4.78 is 63.8. The van der Waals surface area contributed by atoms with Crippen molar-refractivity contribution in [1.29, 1.82) is 0 Å². The number of phosphoric acid groups is 1. The number of nitrogens with one attached hydrogen (secondary N) is 3. The number of hydrogen-bond donors (Lipinski definition) is 8. The molecular weight excluding hydrogens is 971 g/mol. The number of carbonyl (C=O) groups excluding carboxylic acids is 5. The van der Waals surface area contributed by atoms with Gasteiger partial charge in [0.05, 0.1) is 30.7 Å². The van der Waals surface area contributed by atoms with Crippen LogP contribution in [0.2, 0.25) is 0 Å². The number of amides is 3. The minimum atomic E-state index is -5.21. The maximum Gasteiger partial charge on any atom is 0.470 e. The van der Waals surface area contributed by atoms with Gasteiger partial charge in [-0.1, -0.05) is 59.3 Å². The number of aliphatic hydroxyl groups excluding tert-OH is 2. The molecule has 11 atom stereocenters. The number of carboxylic acid groups (broad SMARTS) is 1. The van der Waals surface area contributed by atoms with E-state index in [0.29, 0.717) is 22.3 Å². The van der Waals surface area contributed by atoms with Gasteiger partial charge in [-0.15, -0.1) is 0 Å². The summed E-state index contributed by atoms with van der Waals surface area (Å²) in [5.74, 6) is -6.73. The number of ketones is 2. The molecule has 0 unspecified atom stereocenters. The number of Topliss-reactive ketones (excluding diaryl/α,β-unsaturated/α-hetero) is 1. The van der Waals surface area contributed by atoms with Crippen molar-refractivity contribution in [3.8, 4) is 0 Å². The van der Waals surface area contributed by atoms with E-state index >= 15 is 8.78 Å². The molecule has 8 N–H and O–H groups in total. The van der Waals surface area contributed by atoms with Crippen molar-refractivity contribution < 1.29 is 81.2 Å². The Morgan fingerprint density at radius 2 is 1.76 bits per heavy atom. The molecule has 0 bridgehead atoms. The fourth-order valence-corrected chi connectivity index (χ4v) is 11.7. The van der Waals surface area contributed by atoms with Crippen molar-refractivity contribution in [2.45, 2.75) is 101 Å². The third-order valence-corrected chi connectivity index (χ3v) is 15.1. The van der Waals surface area contributed by atoms with Gasteiger partial charge in [0.25, 0.3) is 0 Å². The predicted molar refractivity (Wildman–Crippen MR) is 234 cm³/mol. The molecule has 22 heteroatoms. The summed E-state index contributed by atoms with van der Waals surface area (Å²) in [6.45, 7) is 0.997. The number of alkyl halides is 3. The highest BCUT2D eigenvalue weighted by atomic mass is 79.9. The lowest BCUT2D eigenvalue weighted by Gasteiger charge is -2.63. The second kappa shape index (κ2) is 19.1. The van der Waals surface area contributed by atoms with E-state index in [9.17, 15) is 58.4 Å². The molecule has 0 spiro atoms. The number of allylic oxidation sites excluding steroid dienone is 4. The van der Waals surface area contributed by atoms with Crippen LogP contribution in [0.5, 0.6) is 0 Å². The Morgan fingerprint density at radius 1 is 1.03 bits per heavy atom. The number of aliphatic carboxylic acids is 1. The normalized spacial score (nSPS) is 32.2. The van der Waals surface area contributed by atoms with Gasteiger partial charge < -0.3 is 50.5 Å². The smallest absolute Gasteiger partial charge is 0.470 e. The Kier molecular flexibility index (Phi) is 14.3. The van der Waals surface area contributed by atoms with Gasteiger partial charge in [0.2, 0.25) is 17.7 Å². The van der Waals surface area contributed by atoms with E-state index < -0.39 is 147 Å². The first-order valence-corrected chi connectivity index (χ1v) is 24.1. The first kappa shape index (κ1) is 50.3. The van der Waals surface area contributed by atoms with Crippen molar-refractivity contribution in [3.63, 3.8) is 0 Å². The van der Waals surface area contributed by atoms with Crippen LogP contribution >= 0.6 is 23.8 Å². The largest absolute Gasteiger partial charge is 0.481 e. The number of halogens is 3. The molecule has 0 aromatic heterocycles. The summed E-state index contributed by atoms with van der Waals surface area (Å²) in [4.78, 5) is 94.9. The number of carboxylic acids is 1. The predicted octanol–water partition coefficient (Wildman–Crippen LogP) is 3.33. The van der Waals surface area contributed by atoms with Crippen LogP contribution in [0.4, 0.5) is 14.5 Å². The van der Waals surface area contributed by atoms with Crippen LogP contribution < -0.4 is 16.0 Å². The number of phosphoric ester groups is 1. The van der Waals surface area contributed by atoms with Gasteiger partial charge in [0.15, 0.2) is 29.1 Å². The number of hydrogen-bond acceptors (Lipinski definition) is 12. The number of carbonyl (C=O) groups is 6. The van der Waals surface area contributed by atoms with E-state index in [1.54, 1.807) is 43.3 Å². The lowest BCUT2D eigenvalue weighted by molar-refractivity contribution is -0.235. The molecule has 3 saturated carbocycles. The molecule has 0 radical (unpaired) electrons. The molecule has 5 aliphatic rings. The average Bonchev–Trinajstić information content (AvgIpc) is 3.77. The minimum absolute atomic E-state index is 0.0657. The molecule has 1 heterocycles. The Balaban J connectivity index is 1.14. The zero-order valence-electron chi connectivity index (χ0n) is 36.3. The zero-order chi connectivity index (χ0) is 48.9. The van der Waals surface area contributed by atoms with Crippen molar-refractivity contribution in [2.75, 3.05) is 23.8 Å². The van der Waals surface area contributed by atoms with Crippen molar-refractivity contribution in [1.82, 2.24) is 10.6 Å². The zero-order valence-corrected chi connectivity index (χ0v) is 38.8. The molecule has 18 nitrogen and oxygen atoms in total. The minimum Gasteiger partial charge on any atom is -0.481 e. The highest BCUT2D eigenvalue weighted by Gasteiger charge is 2.80. The van der Waals surface area contributed by atoms with E-state index in [4.69, 9.17) is 9.47 Å². The van der Waals surface area contributed by atoms with Crippen LogP contribution in [-0.4, -0.2) is 115 Å². The Labute approximate surface area is 391 Å². The fraction of sp³-hybridized carbons (Fsp3) is 0.511. The number of benzene rings is 2. The number of fused-ring (bicyclic) bond motifs is 7. The number of aliphatic hydroxyl groups is 2. The monoisotopic (exact) mass is 1020 g/mol. The third-order valence-electron chi connectivity index (χ3n) is 14.1. The number of anilines is 1. The standard InChI is InChI=1S/C45H51BrF2N3O15P/c1-42-9-8-28(53)15-31(42)32(47)16-30-29-17-36-45(35(55)22-64-67(61,62)63,43(29,2)18-34(54)44(30,42)48)66-41(65-36)26-5-3-4-23(12-26)10-24-11-25(21-52)14-27(13-24)50-40(60)33(6-7-39(58)59)51-38(57)20-49-37(56)19-46/h3-5,8-9,11-15,29-30,32-34,36,41,52,54H,6-7,10,16-22H2,1-2H3,(H,49,56)(H,50,60)(H,51,57)(H,58,59)(H2,61,62,63)/t29-,30-,32-,33-,34-,36+,41+,42-,43-,44-,45+/m0/s1. The average molecular weight is 1020 g/mol. The lowest BCUT2D eigenvalue weighted by Crippen LogP contribution is -2.70. The van der Waals surface area contributed by atoms with E-state index in [1.807, 2.05) is 0 Å². The van der Waals surface area contributed by atoms with Gasteiger partial charge in [0, 0.05) is 34.4 Å². The van der Waals surface area contributed by atoms with Crippen LogP contribution in [0, 0.1) is 22.7 Å². The molecule has 2 aromatic rings. The maximum absolute atomic E-state index is 17.9. The molecule has 7 rings (SSSR count). The second-order valence-electron chi connectivity index (χ2n) is 18.2. The van der Waals surface area contributed by atoms with Crippen LogP contribution in [-0.2, 0) is 60.4 Å². The quantitative estimate of drug-likeness (QED) is 0.0834. The molecule has 3 amide bonds. The molecular formula is C45H51BrF2N3O15P. The lowest BCUT2D eigenvalue weighted by atomic mass is 9.44. The summed E-state index contributed by atoms with van der Waals surface area (Å²) >= 11 is 2.96. The SMILES string of the molecule is C[C@]12C=CC(=O)C=C1[C@@H](F)C[C@H]1[C@@H]3C[C@H]4O[C@@H](c5cccc(Cc6cc(CO)cc(NC(=O)[C@H](CCC(=O)O)NC(=O)CNC(=O)CBr)c6)c5)O[C@@]4(C(=O)COP(=O)(O)O)[C@@]3(C)C[C@H](O)[C@@]12F. The van der Waals surface area contributed by atoms with Crippen LogP contribution in [0.1, 0.15) is 74.5 Å². The van der Waals surface area contributed by atoms with Crippen LogP contribution in [0.3, 0.4) is 0 Å². The first-order chi connectivity index (χ1) is 31.5. The molecule has 4 fully saturated rings. The first-order valence-electron chi connectivity index (χ1n) is 21.5. The van der Waals surface area contributed by atoms with Gasteiger partial charge in [-0.25, -0.2) is 13.3 Å². The Bertz CT molecular complexity index is 2470. The second-order valence-corrected chi connectivity index (χ2v) is 20.0. The third kappa shape index (κ3) is 9.46. The topological polar surface area (TPSA) is 284 Å². The summed E-state index contributed by atoms with van der Waals surface area (Å²) in [6.07, 6.45) is -4.05. The Morgan fingerprint density at radius 3 is 2.45 bits per heavy atom. The van der Waals surface area contributed by atoms with E-state index in [1.165, 1.54) is 19.1 Å². The van der Waals surface area contributed by atoms with Gasteiger partial charge in [-0.05, 0) is 91.5 Å². The van der Waals surface area contributed by atoms with Crippen molar-refractivity contribution in [3.05, 3.63) is 88.5 Å². The van der Waals surface area contributed by atoms with E-state index in [2.05, 4.69) is 36.4 Å². The van der Waals surface area contributed by atoms with E-state index in [-0.39, 0.29) is 35.9 Å². The van der Waals surface area contributed by atoms with Crippen LogP contribution in [0.15, 0.2) is 66.3 Å². The summed E-state index contributed by atoms with van der Waals surface area (Å²) in [7, 11) is -5.21. The highest BCUT2D eigenvalue weighted by molar-refractivity contribution is 9.09. The number of rotatable bonds is 17. The van der Waals surface area contributed by atoms with Crippen molar-refractivity contribution in [2.24, 2.45) is 22.7 Å². The molecule has 2 aromatic carbocycles. The summed E-state index contributed by atoms with van der Waals surface area (Å²) in [5, 5.41) is 38.7. The molecule has 1 saturated heterocycles. The highest BCUT2D eigenvalue weighted by Crippen LogP contribution is 2.72. The molecule has 362 valence electrons.